The Bertz CT molecular complexity index is 501. The van der Waals surface area contributed by atoms with E-state index in [1.807, 2.05) is 19.0 Å². The van der Waals surface area contributed by atoms with Crippen molar-refractivity contribution in [3.63, 3.8) is 0 Å². The molecule has 0 aliphatic carbocycles. The lowest BCUT2D eigenvalue weighted by molar-refractivity contribution is -0.118. The van der Waals surface area contributed by atoms with Gasteiger partial charge in [-0.1, -0.05) is 96.8 Å². The van der Waals surface area contributed by atoms with Crippen LogP contribution in [0.4, 0.5) is 0 Å². The van der Waals surface area contributed by atoms with Crippen molar-refractivity contribution in [3.05, 3.63) is 0 Å². The summed E-state index contributed by atoms with van der Waals surface area (Å²) in [5, 5.41) is 0. The van der Waals surface area contributed by atoms with Gasteiger partial charge in [0.25, 0.3) is 0 Å². The molecule has 0 aromatic carbocycles. The van der Waals surface area contributed by atoms with E-state index in [1.165, 1.54) is 77.0 Å². The van der Waals surface area contributed by atoms with Crippen molar-refractivity contribution in [2.75, 3.05) is 33.9 Å². The van der Waals surface area contributed by atoms with Gasteiger partial charge < -0.3 is 14.6 Å². The van der Waals surface area contributed by atoms with E-state index in [-0.39, 0.29) is 24.9 Å². The molecule has 198 valence electrons. The van der Waals surface area contributed by atoms with Crippen LogP contribution in [0.3, 0.4) is 0 Å². The molecule has 2 unspecified atom stereocenters. The summed E-state index contributed by atoms with van der Waals surface area (Å²) in [6.07, 6.45) is 20.3. The Balaban J connectivity index is 3.80. The lowest BCUT2D eigenvalue weighted by Gasteiger charge is -2.18. The maximum atomic E-state index is 12.1. The lowest BCUT2D eigenvalue weighted by Crippen LogP contribution is -2.15. The van der Waals surface area contributed by atoms with Crippen molar-refractivity contribution in [3.8, 4) is 0 Å². The van der Waals surface area contributed by atoms with Crippen molar-refractivity contribution in [2.24, 2.45) is 5.92 Å². The maximum Gasteiger partial charge on any atom is 0.472 e. The van der Waals surface area contributed by atoms with E-state index >= 15 is 0 Å². The van der Waals surface area contributed by atoms with Gasteiger partial charge in [-0.2, -0.15) is 0 Å². The molecule has 0 spiro atoms. The van der Waals surface area contributed by atoms with Gasteiger partial charge in [0, 0.05) is 6.42 Å². The largest absolute Gasteiger partial charge is 0.472 e. The lowest BCUT2D eigenvalue weighted by atomic mass is 9.96. The van der Waals surface area contributed by atoms with E-state index in [0.717, 1.165) is 25.8 Å². The third kappa shape index (κ3) is 24.7. The Morgan fingerprint density at radius 3 is 1.76 bits per heavy atom. The Labute approximate surface area is 204 Å². The molecule has 0 saturated heterocycles. The van der Waals surface area contributed by atoms with Crippen LogP contribution in [0.1, 0.15) is 123 Å². The van der Waals surface area contributed by atoms with Crippen LogP contribution in [-0.4, -0.2) is 49.4 Å². The molecule has 2 atom stereocenters. The molecule has 33 heavy (non-hydrogen) atoms. The molecule has 0 aliphatic heterocycles. The smallest absolute Gasteiger partial charge is 0.309 e. The molecule has 0 radical (unpaired) electrons. The van der Waals surface area contributed by atoms with Crippen LogP contribution in [0, 0.1) is 5.92 Å². The SMILES string of the molecule is CCCCCCCCCCCCCCCCC(COP(=O)(O)OCCCN(C)C)CC(C)=O. The van der Waals surface area contributed by atoms with Crippen LogP contribution in [0.15, 0.2) is 0 Å². The van der Waals surface area contributed by atoms with Crippen molar-refractivity contribution >= 4 is 13.6 Å². The quantitative estimate of drug-likeness (QED) is 0.105. The van der Waals surface area contributed by atoms with Gasteiger partial charge in [0.05, 0.1) is 13.2 Å². The summed E-state index contributed by atoms with van der Waals surface area (Å²) in [4.78, 5) is 23.4. The highest BCUT2D eigenvalue weighted by Crippen LogP contribution is 2.44. The summed E-state index contributed by atoms with van der Waals surface area (Å²) in [5.41, 5.74) is 0. The fourth-order valence-electron chi connectivity index (χ4n) is 4.08. The van der Waals surface area contributed by atoms with E-state index in [1.54, 1.807) is 6.92 Å². The van der Waals surface area contributed by atoms with Gasteiger partial charge in [-0.05, 0) is 46.3 Å². The summed E-state index contributed by atoms with van der Waals surface area (Å²) >= 11 is 0. The van der Waals surface area contributed by atoms with E-state index < -0.39 is 7.82 Å². The monoisotopic (exact) mass is 491 g/mol. The minimum absolute atomic E-state index is 0.0225. The molecule has 0 saturated carbocycles. The summed E-state index contributed by atoms with van der Waals surface area (Å²) < 4.78 is 22.3. The number of phosphoric acid groups is 1. The first kappa shape index (κ1) is 32.7. The average Bonchev–Trinajstić information content (AvgIpc) is 2.74. The molecule has 6 nitrogen and oxygen atoms in total. The third-order valence-corrected chi connectivity index (χ3v) is 7.00. The average molecular weight is 492 g/mol. The molecule has 0 fully saturated rings. The molecule has 0 aromatic heterocycles. The second-order valence-electron chi connectivity index (χ2n) is 9.91. The minimum atomic E-state index is -4.05. The van der Waals surface area contributed by atoms with Crippen molar-refractivity contribution in [2.45, 2.75) is 123 Å². The number of rotatable bonds is 25. The summed E-state index contributed by atoms with van der Waals surface area (Å²) in [5.74, 6) is 0.0688. The van der Waals surface area contributed by atoms with Crippen LogP contribution in [-0.2, 0) is 18.4 Å². The Hall–Kier alpha value is -0.260. The second kappa shape index (κ2) is 22.2. The van der Waals surface area contributed by atoms with E-state index in [2.05, 4.69) is 6.92 Å². The van der Waals surface area contributed by atoms with Crippen molar-refractivity contribution in [1.82, 2.24) is 4.90 Å². The highest BCUT2D eigenvalue weighted by Gasteiger charge is 2.23. The van der Waals surface area contributed by atoms with Gasteiger partial charge >= 0.3 is 7.82 Å². The molecule has 0 bridgehead atoms. The number of unbranched alkanes of at least 4 members (excludes halogenated alkanes) is 13. The highest BCUT2D eigenvalue weighted by atomic mass is 31.2. The topological polar surface area (TPSA) is 76.1 Å². The third-order valence-electron chi connectivity index (χ3n) is 6.02. The van der Waals surface area contributed by atoms with Crippen LogP contribution >= 0.6 is 7.82 Å². The zero-order valence-electron chi connectivity index (χ0n) is 22.2. The van der Waals surface area contributed by atoms with Crippen LogP contribution in [0.2, 0.25) is 0 Å². The zero-order chi connectivity index (χ0) is 24.8. The molecule has 0 aromatic rings. The molecule has 0 amide bonds. The molecular weight excluding hydrogens is 437 g/mol. The number of Topliss-reactive ketones (excluding diaryl/α,β-unsaturated/α-hetero) is 1. The number of carbonyl (C=O) groups excluding carboxylic acids is 1. The summed E-state index contributed by atoms with van der Waals surface area (Å²) in [6.45, 7) is 4.89. The molecular formula is C26H54NO5P. The first-order chi connectivity index (χ1) is 15.8. The number of hydrogen-bond acceptors (Lipinski definition) is 5. The van der Waals surface area contributed by atoms with Gasteiger partial charge in [0.15, 0.2) is 0 Å². The maximum absolute atomic E-state index is 12.1. The molecule has 0 rings (SSSR count). The van der Waals surface area contributed by atoms with Gasteiger partial charge in [-0.15, -0.1) is 0 Å². The second-order valence-corrected chi connectivity index (χ2v) is 11.4. The predicted molar refractivity (Wildman–Crippen MR) is 139 cm³/mol. The fourth-order valence-corrected chi connectivity index (χ4v) is 4.91. The first-order valence-electron chi connectivity index (χ1n) is 13.5. The predicted octanol–water partition coefficient (Wildman–Crippen LogP) is 7.54. The Morgan fingerprint density at radius 1 is 0.818 bits per heavy atom. The zero-order valence-corrected chi connectivity index (χ0v) is 23.1. The minimum Gasteiger partial charge on any atom is -0.309 e. The fraction of sp³-hybridized carbons (Fsp3) is 0.962. The number of carbonyl (C=O) groups is 1. The standard InChI is InChI=1S/C26H54NO5P/c1-5-6-7-8-9-10-11-12-13-14-15-16-17-18-20-26(23-25(2)28)24-32-33(29,30)31-22-19-21-27(3)4/h26H,5-24H2,1-4H3,(H,29,30). The molecule has 0 aliphatic rings. The van der Waals surface area contributed by atoms with Gasteiger partial charge in [0.2, 0.25) is 0 Å². The van der Waals surface area contributed by atoms with Gasteiger partial charge in [-0.25, -0.2) is 4.57 Å². The summed E-state index contributed by atoms with van der Waals surface area (Å²) in [7, 11) is -0.167. The van der Waals surface area contributed by atoms with E-state index in [0.29, 0.717) is 12.8 Å². The Morgan fingerprint density at radius 2 is 1.30 bits per heavy atom. The molecule has 1 N–H and O–H groups in total. The number of hydrogen-bond donors (Lipinski definition) is 1. The van der Waals surface area contributed by atoms with E-state index in [4.69, 9.17) is 9.05 Å². The van der Waals surface area contributed by atoms with E-state index in [9.17, 15) is 14.3 Å². The van der Waals surface area contributed by atoms with Crippen LogP contribution < -0.4 is 0 Å². The first-order valence-corrected chi connectivity index (χ1v) is 15.0. The van der Waals surface area contributed by atoms with Crippen LogP contribution in [0.5, 0.6) is 0 Å². The van der Waals surface area contributed by atoms with Crippen molar-refractivity contribution in [1.29, 1.82) is 0 Å². The highest BCUT2D eigenvalue weighted by molar-refractivity contribution is 7.47. The normalized spacial score (nSPS) is 14.5. The van der Waals surface area contributed by atoms with Gasteiger partial charge in [0.1, 0.15) is 5.78 Å². The molecule has 7 heteroatoms. The summed E-state index contributed by atoms with van der Waals surface area (Å²) in [6, 6.07) is 0. The van der Waals surface area contributed by atoms with Crippen molar-refractivity contribution < 1.29 is 23.3 Å². The number of ketones is 1. The Kier molecular flexibility index (Phi) is 22.0. The van der Waals surface area contributed by atoms with Gasteiger partial charge in [-0.3, -0.25) is 9.05 Å². The molecule has 0 heterocycles. The van der Waals surface area contributed by atoms with Crippen LogP contribution in [0.25, 0.3) is 0 Å². The number of nitrogens with zero attached hydrogens (tertiary/aromatic N) is 1. The number of phosphoric ester groups is 1.